The summed E-state index contributed by atoms with van der Waals surface area (Å²) >= 11 is 0. The predicted octanol–water partition coefficient (Wildman–Crippen LogP) is 2.37. The van der Waals surface area contributed by atoms with Crippen molar-refractivity contribution in [2.45, 2.75) is 31.5 Å². The van der Waals surface area contributed by atoms with Crippen molar-refractivity contribution in [1.29, 1.82) is 0 Å². The summed E-state index contributed by atoms with van der Waals surface area (Å²) in [7, 11) is 0. The monoisotopic (exact) mass is 311 g/mol. The highest BCUT2D eigenvalue weighted by atomic mass is 16.3. The first kappa shape index (κ1) is 13.4. The van der Waals surface area contributed by atoms with Crippen molar-refractivity contribution in [2.75, 3.05) is 19.6 Å². The number of fused-ring (bicyclic) bond motifs is 3. The maximum Gasteiger partial charge on any atom is 0.270 e. The average molecular weight is 311 g/mol. The Morgan fingerprint density at radius 3 is 2.78 bits per heavy atom. The first-order valence-corrected chi connectivity index (χ1v) is 8.52. The first-order valence-electron chi connectivity index (χ1n) is 8.52. The van der Waals surface area contributed by atoms with Crippen LogP contribution in [-0.4, -0.2) is 46.0 Å². The highest BCUT2D eigenvalue weighted by Gasteiger charge is 2.46. The van der Waals surface area contributed by atoms with Crippen molar-refractivity contribution in [1.82, 2.24) is 14.4 Å². The fourth-order valence-electron chi connectivity index (χ4n) is 4.14. The van der Waals surface area contributed by atoms with E-state index in [1.807, 2.05) is 24.3 Å². The van der Waals surface area contributed by atoms with Crippen LogP contribution in [0.4, 0.5) is 0 Å². The molecule has 2 aromatic rings. The average Bonchev–Trinajstić information content (AvgIpc) is 2.99. The van der Waals surface area contributed by atoms with E-state index in [0.717, 1.165) is 43.6 Å². The zero-order valence-corrected chi connectivity index (χ0v) is 13.1. The maximum atomic E-state index is 12.9. The van der Waals surface area contributed by atoms with Crippen LogP contribution in [0.15, 0.2) is 41.1 Å². The number of amides is 1. The molecule has 2 aromatic heterocycles. The molecule has 1 saturated carbocycles. The molecule has 0 N–H and O–H groups in total. The van der Waals surface area contributed by atoms with Crippen LogP contribution in [0.2, 0.25) is 0 Å². The minimum Gasteiger partial charge on any atom is -0.468 e. The van der Waals surface area contributed by atoms with Gasteiger partial charge in [-0.05, 0) is 43.0 Å². The molecule has 1 amide bonds. The minimum atomic E-state index is 0.211. The number of aromatic nitrogens is 1. The second-order valence-corrected chi connectivity index (χ2v) is 7.11. The molecule has 0 bridgehead atoms. The quantitative estimate of drug-likeness (QED) is 0.870. The lowest BCUT2D eigenvalue weighted by Gasteiger charge is -2.38. The number of nitrogens with zero attached hydrogens (tertiary/aromatic N) is 3. The lowest BCUT2D eigenvalue weighted by molar-refractivity contribution is 0.0565. The minimum absolute atomic E-state index is 0.211. The second kappa shape index (κ2) is 4.99. The van der Waals surface area contributed by atoms with Gasteiger partial charge in [0.15, 0.2) is 0 Å². The zero-order valence-electron chi connectivity index (χ0n) is 13.1. The molecule has 5 heteroatoms. The van der Waals surface area contributed by atoms with E-state index in [4.69, 9.17) is 4.42 Å². The number of rotatable bonds is 4. The lowest BCUT2D eigenvalue weighted by Crippen LogP contribution is -2.51. The summed E-state index contributed by atoms with van der Waals surface area (Å²) in [4.78, 5) is 17.4. The molecule has 0 radical (unpaired) electrons. The summed E-state index contributed by atoms with van der Waals surface area (Å²) in [6.45, 7) is 3.66. The number of hydrogen-bond donors (Lipinski definition) is 0. The van der Waals surface area contributed by atoms with Gasteiger partial charge in [0, 0.05) is 25.8 Å². The lowest BCUT2D eigenvalue weighted by atomic mass is 10.1. The number of carbonyl (C=O) groups is 1. The van der Waals surface area contributed by atoms with Gasteiger partial charge in [-0.2, -0.15) is 0 Å². The van der Waals surface area contributed by atoms with Gasteiger partial charge in [0.1, 0.15) is 11.5 Å². The van der Waals surface area contributed by atoms with E-state index in [0.29, 0.717) is 6.04 Å². The summed E-state index contributed by atoms with van der Waals surface area (Å²) in [5, 5.41) is 0. The molecule has 23 heavy (non-hydrogen) atoms. The van der Waals surface area contributed by atoms with Gasteiger partial charge in [-0.3, -0.25) is 9.69 Å². The Kier molecular flexibility index (Phi) is 2.92. The number of hydrogen-bond acceptors (Lipinski definition) is 3. The van der Waals surface area contributed by atoms with Crippen molar-refractivity contribution < 1.29 is 9.21 Å². The number of carbonyl (C=O) groups excluding carboxylic acids is 1. The van der Waals surface area contributed by atoms with E-state index in [1.54, 1.807) is 6.26 Å². The van der Waals surface area contributed by atoms with Crippen molar-refractivity contribution in [3.05, 3.63) is 48.2 Å². The van der Waals surface area contributed by atoms with Gasteiger partial charge in [-0.25, -0.2) is 0 Å². The Hall–Kier alpha value is -2.01. The maximum absolute atomic E-state index is 12.9. The third kappa shape index (κ3) is 2.22. The molecule has 2 fully saturated rings. The van der Waals surface area contributed by atoms with E-state index >= 15 is 0 Å². The Morgan fingerprint density at radius 2 is 2.00 bits per heavy atom. The molecule has 3 aliphatic rings. The molecule has 0 spiro atoms. The van der Waals surface area contributed by atoms with Gasteiger partial charge in [-0.15, -0.1) is 0 Å². The van der Waals surface area contributed by atoms with Crippen molar-refractivity contribution in [3.63, 3.8) is 0 Å². The summed E-state index contributed by atoms with van der Waals surface area (Å²) in [6, 6.07) is 8.58. The van der Waals surface area contributed by atoms with Crippen LogP contribution in [0.1, 0.15) is 35.1 Å². The number of likely N-dealkylation sites (tertiary alicyclic amines) is 1. The SMILES string of the molecule is O=C1c2cccn2[C@@H]2CN(Cc3ccco3)C[C@H]2N1CC1CC1. The summed E-state index contributed by atoms with van der Waals surface area (Å²) in [6.07, 6.45) is 6.35. The molecule has 1 saturated heterocycles. The molecule has 120 valence electrons. The molecular weight excluding hydrogens is 290 g/mol. The first-order chi connectivity index (χ1) is 11.3. The molecule has 2 aliphatic heterocycles. The predicted molar refractivity (Wildman–Crippen MR) is 85.0 cm³/mol. The normalized spacial score (nSPS) is 27.3. The van der Waals surface area contributed by atoms with Gasteiger partial charge in [0.25, 0.3) is 5.91 Å². The fraction of sp³-hybridized carbons (Fsp3) is 0.500. The van der Waals surface area contributed by atoms with Crippen molar-refractivity contribution >= 4 is 5.91 Å². The third-order valence-corrected chi connectivity index (χ3v) is 5.46. The van der Waals surface area contributed by atoms with E-state index in [1.165, 1.54) is 12.8 Å². The van der Waals surface area contributed by atoms with Gasteiger partial charge >= 0.3 is 0 Å². The Balaban J connectivity index is 1.43. The van der Waals surface area contributed by atoms with Crippen LogP contribution in [0.5, 0.6) is 0 Å². The smallest absolute Gasteiger partial charge is 0.270 e. The second-order valence-electron chi connectivity index (χ2n) is 7.11. The van der Waals surface area contributed by atoms with Crippen molar-refractivity contribution in [2.24, 2.45) is 5.92 Å². The van der Waals surface area contributed by atoms with Crippen LogP contribution < -0.4 is 0 Å². The van der Waals surface area contributed by atoms with Gasteiger partial charge in [-0.1, -0.05) is 0 Å². The van der Waals surface area contributed by atoms with Crippen LogP contribution in [0, 0.1) is 5.92 Å². The Morgan fingerprint density at radius 1 is 1.13 bits per heavy atom. The summed E-state index contributed by atoms with van der Waals surface area (Å²) in [5.74, 6) is 1.93. The van der Waals surface area contributed by atoms with Crippen LogP contribution in [0.3, 0.4) is 0 Å². The highest BCUT2D eigenvalue weighted by molar-refractivity contribution is 5.94. The molecule has 2 atom stereocenters. The van der Waals surface area contributed by atoms with Crippen molar-refractivity contribution in [3.8, 4) is 0 Å². The molecule has 5 nitrogen and oxygen atoms in total. The summed E-state index contributed by atoms with van der Waals surface area (Å²) in [5.41, 5.74) is 0.853. The van der Waals surface area contributed by atoms with Crippen LogP contribution >= 0.6 is 0 Å². The van der Waals surface area contributed by atoms with E-state index in [9.17, 15) is 4.79 Å². The van der Waals surface area contributed by atoms with Crippen LogP contribution in [-0.2, 0) is 6.54 Å². The van der Waals surface area contributed by atoms with E-state index in [2.05, 4.69) is 20.6 Å². The topological polar surface area (TPSA) is 41.6 Å². The molecular formula is C18H21N3O2. The van der Waals surface area contributed by atoms with Gasteiger partial charge in [0.2, 0.25) is 0 Å². The van der Waals surface area contributed by atoms with E-state index < -0.39 is 0 Å². The molecule has 4 heterocycles. The Labute approximate surface area is 135 Å². The molecule has 1 aliphatic carbocycles. The molecule has 5 rings (SSSR count). The van der Waals surface area contributed by atoms with Crippen LogP contribution in [0.25, 0.3) is 0 Å². The molecule has 0 unspecified atom stereocenters. The van der Waals surface area contributed by atoms with Gasteiger partial charge in [0.05, 0.1) is 24.9 Å². The largest absolute Gasteiger partial charge is 0.468 e. The highest BCUT2D eigenvalue weighted by Crippen LogP contribution is 2.38. The standard InChI is InChI=1S/C18H21N3O2/c22-18-15-4-1-7-20(15)16-11-19(10-14-3-2-8-23-14)12-17(16)21(18)9-13-5-6-13/h1-4,7-8,13,16-17H,5-6,9-12H2/t16-,17-/m1/s1. The zero-order chi connectivity index (χ0) is 15.4. The number of furan rings is 1. The van der Waals surface area contributed by atoms with E-state index in [-0.39, 0.29) is 11.9 Å². The fourth-order valence-corrected chi connectivity index (χ4v) is 4.14. The third-order valence-electron chi connectivity index (χ3n) is 5.46. The summed E-state index contributed by atoms with van der Waals surface area (Å²) < 4.78 is 7.69. The molecule has 0 aromatic carbocycles. The Bertz CT molecular complexity index is 716. The van der Waals surface area contributed by atoms with Gasteiger partial charge < -0.3 is 13.9 Å².